The molecule has 11 heteroatoms. The summed E-state index contributed by atoms with van der Waals surface area (Å²) in [6.07, 6.45) is 0.424. The highest BCUT2D eigenvalue weighted by molar-refractivity contribution is 8.00. The summed E-state index contributed by atoms with van der Waals surface area (Å²) in [4.78, 5) is 19.3. The summed E-state index contributed by atoms with van der Waals surface area (Å²) in [5.41, 5.74) is -3.19. The van der Waals surface area contributed by atoms with Crippen LogP contribution in [0.5, 0.6) is 0 Å². The van der Waals surface area contributed by atoms with Gasteiger partial charge in [0.25, 0.3) is 0 Å². The lowest BCUT2D eigenvalue weighted by Crippen LogP contribution is -2.46. The van der Waals surface area contributed by atoms with Crippen LogP contribution in [0.1, 0.15) is 44.1 Å². The Balaban J connectivity index is 1.08. The summed E-state index contributed by atoms with van der Waals surface area (Å²) in [5.74, 6) is 0.766. The molecule has 2 saturated heterocycles. The number of piperazine rings is 1. The third kappa shape index (κ3) is 9.33. The molecule has 0 spiro atoms. The Morgan fingerprint density at radius 3 is 1.85 bits per heavy atom. The Morgan fingerprint density at radius 2 is 1.30 bits per heavy atom. The number of Topliss-reactive ketones (excluding diaryl/α,β-unsaturated/α-hetero) is 1. The van der Waals surface area contributed by atoms with Crippen LogP contribution in [0, 0.1) is 5.92 Å². The molecule has 0 atom stereocenters. The first-order valence-corrected chi connectivity index (χ1v) is 14.5. The van der Waals surface area contributed by atoms with Crippen LogP contribution in [0.3, 0.4) is 0 Å². The number of carbonyl (C=O) groups excluding carboxylic acids is 1. The Morgan fingerprint density at radius 1 is 0.750 bits per heavy atom. The van der Waals surface area contributed by atoms with Crippen molar-refractivity contribution in [2.45, 2.75) is 55.1 Å². The molecule has 40 heavy (non-hydrogen) atoms. The zero-order valence-corrected chi connectivity index (χ0v) is 23.1. The topological polar surface area (TPSA) is 26.8 Å². The number of anilines is 2. The number of piperidine rings is 1. The largest absolute Gasteiger partial charge is 0.446 e. The van der Waals surface area contributed by atoms with Crippen LogP contribution in [0.15, 0.2) is 53.4 Å². The molecule has 220 valence electrons. The van der Waals surface area contributed by atoms with E-state index in [-0.39, 0.29) is 22.4 Å². The van der Waals surface area contributed by atoms with Crippen LogP contribution in [0.25, 0.3) is 0 Å². The number of ketones is 1. The van der Waals surface area contributed by atoms with Crippen molar-refractivity contribution in [1.82, 2.24) is 4.90 Å². The zero-order chi connectivity index (χ0) is 28.8. The van der Waals surface area contributed by atoms with Crippen molar-refractivity contribution in [3.05, 3.63) is 54.1 Å². The maximum absolute atomic E-state index is 12.8. The minimum Gasteiger partial charge on any atom is -0.372 e. The SMILES string of the molecule is O=C(CCCN1CCN(c2ccc(C(F)(F)F)cc2)CC1)CCC1CCN(c2ccc(SC(F)(F)F)cc2)CC1. The van der Waals surface area contributed by atoms with Crippen LogP contribution < -0.4 is 9.80 Å². The second kappa shape index (κ2) is 13.5. The number of carbonyl (C=O) groups is 1. The average Bonchev–Trinajstić information content (AvgIpc) is 2.92. The van der Waals surface area contributed by atoms with Gasteiger partial charge in [-0.1, -0.05) is 0 Å². The molecule has 4 nitrogen and oxygen atoms in total. The minimum absolute atomic E-state index is 0.105. The van der Waals surface area contributed by atoms with Crippen LogP contribution in [0.2, 0.25) is 0 Å². The Bertz CT molecular complexity index is 1070. The van der Waals surface area contributed by atoms with Gasteiger partial charge in [0.2, 0.25) is 0 Å². The predicted octanol–water partition coefficient (Wildman–Crippen LogP) is 7.49. The van der Waals surface area contributed by atoms with Crippen LogP contribution in [-0.4, -0.2) is 62.0 Å². The Labute approximate surface area is 235 Å². The standard InChI is InChI=1S/C29H35F6N3OS/c30-28(31,32)23-4-6-24(7-5-23)38-20-18-36(19-21-38)15-1-2-26(39)10-3-22-13-16-37(17-14-22)25-8-11-27(12-9-25)40-29(33,34)35/h4-9,11-12,22H,1-3,10,13-21H2. The maximum Gasteiger partial charge on any atom is 0.446 e. The minimum atomic E-state index is -4.33. The second-order valence-corrected chi connectivity index (χ2v) is 11.7. The molecule has 0 bridgehead atoms. The Kier molecular flexibility index (Phi) is 10.3. The van der Waals surface area contributed by atoms with Crippen LogP contribution in [-0.2, 0) is 11.0 Å². The summed E-state index contributed by atoms with van der Waals surface area (Å²) in [6, 6.07) is 11.8. The molecule has 0 saturated carbocycles. The molecule has 0 amide bonds. The molecule has 0 aliphatic carbocycles. The van der Waals surface area contributed by atoms with E-state index < -0.39 is 17.2 Å². The molecule has 2 aliphatic heterocycles. The number of hydrogen-bond donors (Lipinski definition) is 0. The molecule has 0 aromatic heterocycles. The van der Waals surface area contributed by atoms with Gasteiger partial charge in [0, 0.05) is 68.4 Å². The molecule has 2 heterocycles. The van der Waals surface area contributed by atoms with Gasteiger partial charge in [-0.05, 0) is 98.4 Å². The van der Waals surface area contributed by atoms with Crippen molar-refractivity contribution in [2.24, 2.45) is 5.92 Å². The molecule has 0 unspecified atom stereocenters. The highest BCUT2D eigenvalue weighted by Crippen LogP contribution is 2.38. The highest BCUT2D eigenvalue weighted by Gasteiger charge is 2.31. The first-order valence-electron chi connectivity index (χ1n) is 13.7. The quantitative estimate of drug-likeness (QED) is 0.212. The van der Waals surface area contributed by atoms with Crippen molar-refractivity contribution < 1.29 is 31.1 Å². The Hall–Kier alpha value is -2.40. The maximum atomic E-state index is 12.8. The molecule has 4 rings (SSSR count). The van der Waals surface area contributed by atoms with E-state index in [1.807, 2.05) is 0 Å². The number of alkyl halides is 6. The highest BCUT2D eigenvalue weighted by atomic mass is 32.2. The van der Waals surface area contributed by atoms with Gasteiger partial charge in [-0.25, -0.2) is 0 Å². The van der Waals surface area contributed by atoms with Gasteiger partial charge in [-0.3, -0.25) is 9.69 Å². The normalized spacial score (nSPS) is 17.9. The summed E-state index contributed by atoms with van der Waals surface area (Å²) in [5, 5.41) is 0. The third-order valence-electron chi connectivity index (χ3n) is 7.74. The first kappa shape index (κ1) is 30.6. The van der Waals surface area contributed by atoms with Crippen LogP contribution in [0.4, 0.5) is 37.7 Å². The monoisotopic (exact) mass is 587 g/mol. The summed E-state index contributed by atoms with van der Waals surface area (Å²) in [7, 11) is 0. The number of thioether (sulfide) groups is 1. The number of benzene rings is 2. The van der Waals surface area contributed by atoms with E-state index in [9.17, 15) is 31.1 Å². The van der Waals surface area contributed by atoms with E-state index in [0.717, 1.165) is 95.0 Å². The fourth-order valence-electron chi connectivity index (χ4n) is 5.42. The smallest absolute Gasteiger partial charge is 0.372 e. The molecule has 2 fully saturated rings. The lowest BCUT2D eigenvalue weighted by Gasteiger charge is -2.36. The van der Waals surface area contributed by atoms with E-state index in [4.69, 9.17) is 0 Å². The number of hydrogen-bond acceptors (Lipinski definition) is 5. The van der Waals surface area contributed by atoms with Crippen molar-refractivity contribution in [1.29, 1.82) is 0 Å². The third-order valence-corrected chi connectivity index (χ3v) is 8.48. The van der Waals surface area contributed by atoms with Gasteiger partial charge in [0.05, 0.1) is 5.56 Å². The van der Waals surface area contributed by atoms with E-state index in [2.05, 4.69) is 14.7 Å². The van der Waals surface area contributed by atoms with Gasteiger partial charge in [-0.15, -0.1) is 0 Å². The fraction of sp³-hybridized carbons (Fsp3) is 0.552. The predicted molar refractivity (Wildman–Crippen MR) is 147 cm³/mol. The molecule has 2 aromatic carbocycles. The lowest BCUT2D eigenvalue weighted by molar-refractivity contribution is -0.137. The van der Waals surface area contributed by atoms with Gasteiger partial charge >= 0.3 is 11.7 Å². The number of rotatable bonds is 10. The van der Waals surface area contributed by atoms with Crippen molar-refractivity contribution in [3.8, 4) is 0 Å². The van der Waals surface area contributed by atoms with E-state index in [1.165, 1.54) is 24.3 Å². The van der Waals surface area contributed by atoms with Crippen molar-refractivity contribution >= 4 is 28.9 Å². The average molecular weight is 588 g/mol. The van der Waals surface area contributed by atoms with E-state index in [0.29, 0.717) is 18.8 Å². The molecular formula is C29H35F6N3OS. The zero-order valence-electron chi connectivity index (χ0n) is 22.3. The summed E-state index contributed by atoms with van der Waals surface area (Å²) >= 11 is -0.105. The summed E-state index contributed by atoms with van der Waals surface area (Å²) in [6.45, 7) is 5.64. The number of halogens is 6. The van der Waals surface area contributed by atoms with Crippen molar-refractivity contribution in [2.75, 3.05) is 55.6 Å². The fourth-order valence-corrected chi connectivity index (χ4v) is 5.96. The van der Waals surface area contributed by atoms with Gasteiger partial charge in [0.15, 0.2) is 0 Å². The lowest BCUT2D eigenvalue weighted by atomic mass is 9.90. The first-order chi connectivity index (χ1) is 19.0. The van der Waals surface area contributed by atoms with Gasteiger partial charge in [-0.2, -0.15) is 26.3 Å². The van der Waals surface area contributed by atoms with E-state index >= 15 is 0 Å². The van der Waals surface area contributed by atoms with Gasteiger partial charge in [0.1, 0.15) is 5.78 Å². The molecule has 2 aromatic rings. The van der Waals surface area contributed by atoms with Crippen LogP contribution >= 0.6 is 11.8 Å². The second-order valence-electron chi connectivity index (χ2n) is 10.5. The molecule has 2 aliphatic rings. The molecule has 0 N–H and O–H groups in total. The molecular weight excluding hydrogens is 552 g/mol. The van der Waals surface area contributed by atoms with Crippen molar-refractivity contribution in [3.63, 3.8) is 0 Å². The number of nitrogens with zero attached hydrogens (tertiary/aromatic N) is 3. The summed E-state index contributed by atoms with van der Waals surface area (Å²) < 4.78 is 75.9. The molecule has 0 radical (unpaired) electrons. The van der Waals surface area contributed by atoms with E-state index in [1.54, 1.807) is 12.1 Å². The van der Waals surface area contributed by atoms with Gasteiger partial charge < -0.3 is 9.80 Å².